The van der Waals surface area contributed by atoms with Crippen LogP contribution in [0.2, 0.25) is 0 Å². The van der Waals surface area contributed by atoms with E-state index in [1.54, 1.807) is 12.1 Å². The molecule has 0 aromatic heterocycles. The largest absolute Gasteiger partial charge is 0.352 e. The smallest absolute Gasteiger partial charge is 0.251 e. The SMILES string of the molecule is CCCCCNS(=O)(=O)c1cccc(C(=O)NCC(C)C)c1. The first kappa shape index (κ1) is 18.6. The summed E-state index contributed by atoms with van der Waals surface area (Å²) in [5.74, 6) is 0.0906. The predicted molar refractivity (Wildman–Crippen MR) is 88.3 cm³/mol. The molecule has 0 bridgehead atoms. The lowest BCUT2D eigenvalue weighted by Crippen LogP contribution is -2.28. The number of sulfonamides is 1. The summed E-state index contributed by atoms with van der Waals surface area (Å²) in [6.45, 7) is 7.04. The molecule has 1 aromatic carbocycles. The first-order valence-electron chi connectivity index (χ1n) is 7.74. The van der Waals surface area contributed by atoms with Crippen LogP contribution >= 0.6 is 0 Å². The van der Waals surface area contributed by atoms with Crippen molar-refractivity contribution >= 4 is 15.9 Å². The Bertz CT molecular complexity index is 583. The Labute approximate surface area is 133 Å². The second-order valence-corrected chi connectivity index (χ2v) is 7.50. The van der Waals surface area contributed by atoms with E-state index in [2.05, 4.69) is 17.0 Å². The van der Waals surface area contributed by atoms with Crippen LogP contribution in [0.4, 0.5) is 0 Å². The van der Waals surface area contributed by atoms with E-state index in [4.69, 9.17) is 0 Å². The summed E-state index contributed by atoms with van der Waals surface area (Å²) in [6, 6.07) is 6.12. The van der Waals surface area contributed by atoms with Crippen LogP contribution in [-0.4, -0.2) is 27.4 Å². The van der Waals surface area contributed by atoms with E-state index < -0.39 is 10.0 Å². The van der Waals surface area contributed by atoms with E-state index in [0.29, 0.717) is 24.6 Å². The molecule has 0 aliphatic carbocycles. The molecule has 124 valence electrons. The average Bonchev–Trinajstić information content (AvgIpc) is 2.49. The van der Waals surface area contributed by atoms with E-state index in [-0.39, 0.29) is 10.8 Å². The molecule has 2 N–H and O–H groups in total. The van der Waals surface area contributed by atoms with Gasteiger partial charge >= 0.3 is 0 Å². The number of rotatable bonds is 9. The molecule has 0 saturated carbocycles. The Morgan fingerprint density at radius 1 is 1.23 bits per heavy atom. The fourth-order valence-electron chi connectivity index (χ4n) is 1.87. The van der Waals surface area contributed by atoms with Gasteiger partial charge in [0, 0.05) is 18.7 Å². The number of benzene rings is 1. The number of hydrogen-bond donors (Lipinski definition) is 2. The third-order valence-electron chi connectivity index (χ3n) is 3.15. The highest BCUT2D eigenvalue weighted by Crippen LogP contribution is 2.12. The molecule has 0 atom stereocenters. The van der Waals surface area contributed by atoms with Crippen molar-refractivity contribution in [2.45, 2.75) is 44.9 Å². The number of hydrogen-bond acceptors (Lipinski definition) is 3. The minimum atomic E-state index is -3.56. The van der Waals surface area contributed by atoms with Crippen molar-refractivity contribution < 1.29 is 13.2 Å². The number of carbonyl (C=O) groups is 1. The summed E-state index contributed by atoms with van der Waals surface area (Å²) in [4.78, 5) is 12.1. The molecular weight excluding hydrogens is 300 g/mol. The van der Waals surface area contributed by atoms with Crippen molar-refractivity contribution in [2.75, 3.05) is 13.1 Å². The predicted octanol–water partition coefficient (Wildman–Crippen LogP) is 2.54. The summed E-state index contributed by atoms with van der Waals surface area (Å²) in [5.41, 5.74) is 0.358. The van der Waals surface area contributed by atoms with Gasteiger partial charge in [-0.2, -0.15) is 0 Å². The quantitative estimate of drug-likeness (QED) is 0.685. The van der Waals surface area contributed by atoms with Gasteiger partial charge in [-0.25, -0.2) is 13.1 Å². The summed E-state index contributed by atoms with van der Waals surface area (Å²) >= 11 is 0. The van der Waals surface area contributed by atoms with Crippen molar-refractivity contribution in [1.82, 2.24) is 10.0 Å². The fourth-order valence-corrected chi connectivity index (χ4v) is 2.99. The zero-order valence-electron chi connectivity index (χ0n) is 13.6. The van der Waals surface area contributed by atoms with Gasteiger partial charge in [0.1, 0.15) is 0 Å². The average molecular weight is 326 g/mol. The van der Waals surface area contributed by atoms with Gasteiger partial charge in [-0.3, -0.25) is 4.79 Å². The van der Waals surface area contributed by atoms with Crippen LogP contribution in [0.15, 0.2) is 29.2 Å². The van der Waals surface area contributed by atoms with Crippen molar-refractivity contribution in [1.29, 1.82) is 0 Å². The third kappa shape index (κ3) is 6.15. The van der Waals surface area contributed by atoms with Gasteiger partial charge in [0.15, 0.2) is 0 Å². The normalized spacial score (nSPS) is 11.6. The fraction of sp³-hybridized carbons (Fsp3) is 0.562. The lowest BCUT2D eigenvalue weighted by molar-refractivity contribution is 0.0949. The Balaban J connectivity index is 2.75. The Morgan fingerprint density at radius 3 is 2.59 bits per heavy atom. The van der Waals surface area contributed by atoms with E-state index in [0.717, 1.165) is 19.3 Å². The standard InChI is InChI=1S/C16H26N2O3S/c1-4-5-6-10-18-22(20,21)15-9-7-8-14(11-15)16(19)17-12-13(2)3/h7-9,11,13,18H,4-6,10,12H2,1-3H3,(H,17,19). The van der Waals surface area contributed by atoms with Crippen molar-refractivity contribution in [3.05, 3.63) is 29.8 Å². The van der Waals surface area contributed by atoms with Crippen LogP contribution in [0, 0.1) is 5.92 Å². The summed E-state index contributed by atoms with van der Waals surface area (Å²) in [5, 5.41) is 2.78. The number of amides is 1. The topological polar surface area (TPSA) is 75.3 Å². The summed E-state index contributed by atoms with van der Waals surface area (Å²) < 4.78 is 27.0. The van der Waals surface area contributed by atoms with Gasteiger partial charge in [-0.15, -0.1) is 0 Å². The maximum atomic E-state index is 12.2. The van der Waals surface area contributed by atoms with Crippen molar-refractivity contribution in [3.8, 4) is 0 Å². The molecule has 0 unspecified atom stereocenters. The highest BCUT2D eigenvalue weighted by Gasteiger charge is 2.15. The molecule has 6 heteroatoms. The minimum absolute atomic E-state index is 0.126. The molecule has 0 spiro atoms. The van der Waals surface area contributed by atoms with Crippen LogP contribution in [-0.2, 0) is 10.0 Å². The van der Waals surface area contributed by atoms with Crippen molar-refractivity contribution in [3.63, 3.8) is 0 Å². The van der Waals surface area contributed by atoms with Crippen LogP contribution in [0.3, 0.4) is 0 Å². The molecule has 0 radical (unpaired) electrons. The summed E-state index contributed by atoms with van der Waals surface area (Å²) in [6.07, 6.45) is 2.83. The monoisotopic (exact) mass is 326 g/mol. The second kappa shape index (κ2) is 8.90. The molecule has 1 rings (SSSR count). The highest BCUT2D eigenvalue weighted by molar-refractivity contribution is 7.89. The van der Waals surface area contributed by atoms with Gasteiger partial charge in [-0.05, 0) is 30.5 Å². The lowest BCUT2D eigenvalue weighted by atomic mass is 10.2. The lowest BCUT2D eigenvalue weighted by Gasteiger charge is -2.10. The second-order valence-electron chi connectivity index (χ2n) is 5.74. The molecule has 0 fully saturated rings. The van der Waals surface area contributed by atoms with Crippen molar-refractivity contribution in [2.24, 2.45) is 5.92 Å². The Kier molecular flexibility index (Phi) is 7.55. The maximum Gasteiger partial charge on any atom is 0.251 e. The zero-order chi connectivity index (χ0) is 16.6. The molecule has 5 nitrogen and oxygen atoms in total. The van der Waals surface area contributed by atoms with Crippen LogP contribution in [0.5, 0.6) is 0 Å². The van der Waals surface area contributed by atoms with Crippen LogP contribution < -0.4 is 10.0 Å². The first-order chi connectivity index (χ1) is 10.4. The van der Waals surface area contributed by atoms with E-state index in [9.17, 15) is 13.2 Å². The number of nitrogens with one attached hydrogen (secondary N) is 2. The van der Waals surface area contributed by atoms with Gasteiger partial charge < -0.3 is 5.32 Å². The molecule has 1 amide bonds. The highest BCUT2D eigenvalue weighted by atomic mass is 32.2. The Hall–Kier alpha value is -1.40. The van der Waals surface area contributed by atoms with Gasteiger partial charge in [0.25, 0.3) is 5.91 Å². The molecule has 1 aromatic rings. The van der Waals surface area contributed by atoms with E-state index >= 15 is 0 Å². The molecule has 0 aliphatic heterocycles. The van der Waals surface area contributed by atoms with Gasteiger partial charge in [0.05, 0.1) is 4.90 Å². The third-order valence-corrected chi connectivity index (χ3v) is 4.61. The molecular formula is C16H26N2O3S. The zero-order valence-corrected chi connectivity index (χ0v) is 14.4. The first-order valence-corrected chi connectivity index (χ1v) is 9.23. The van der Waals surface area contributed by atoms with E-state index in [1.165, 1.54) is 12.1 Å². The molecule has 0 heterocycles. The van der Waals surface area contributed by atoms with Crippen LogP contribution in [0.25, 0.3) is 0 Å². The summed E-state index contributed by atoms with van der Waals surface area (Å²) in [7, 11) is -3.56. The minimum Gasteiger partial charge on any atom is -0.352 e. The van der Waals surface area contributed by atoms with E-state index in [1.807, 2.05) is 13.8 Å². The molecule has 22 heavy (non-hydrogen) atoms. The maximum absolute atomic E-state index is 12.2. The number of carbonyl (C=O) groups excluding carboxylic acids is 1. The number of unbranched alkanes of at least 4 members (excludes halogenated alkanes) is 2. The van der Waals surface area contributed by atoms with Gasteiger partial charge in [-0.1, -0.05) is 39.7 Å². The Morgan fingerprint density at radius 2 is 1.95 bits per heavy atom. The molecule has 0 saturated heterocycles. The van der Waals surface area contributed by atoms with Gasteiger partial charge in [0.2, 0.25) is 10.0 Å². The molecule has 0 aliphatic rings. The van der Waals surface area contributed by atoms with Crippen LogP contribution in [0.1, 0.15) is 50.4 Å².